The minimum atomic E-state index is -0.172. The molecule has 1 fully saturated rings. The van der Waals surface area contributed by atoms with Crippen molar-refractivity contribution >= 4 is 29.1 Å². The number of nitrogens with one attached hydrogen (secondary N) is 2. The number of hydrogen-bond donors (Lipinski definition) is 3. The van der Waals surface area contributed by atoms with Gasteiger partial charge in [-0.2, -0.15) is 0 Å². The van der Waals surface area contributed by atoms with Crippen LogP contribution >= 0.6 is 0 Å². The van der Waals surface area contributed by atoms with Gasteiger partial charge in [0.15, 0.2) is 13.1 Å². The number of nitrogens with two attached hydrogens (primary N) is 1. The van der Waals surface area contributed by atoms with Crippen molar-refractivity contribution in [2.45, 2.75) is 12.8 Å². The average Bonchev–Trinajstić information content (AvgIpc) is 2.94. The van der Waals surface area contributed by atoms with Crippen molar-refractivity contribution in [2.75, 3.05) is 36.9 Å². The maximum absolute atomic E-state index is 11.7. The van der Waals surface area contributed by atoms with Gasteiger partial charge in [-0.05, 0) is 30.7 Å². The largest absolute Gasteiger partial charge is 0.354 e. The molecule has 0 bridgehead atoms. The van der Waals surface area contributed by atoms with Crippen LogP contribution in [0.4, 0.5) is 11.4 Å². The van der Waals surface area contributed by atoms with E-state index in [2.05, 4.69) is 10.6 Å². The summed E-state index contributed by atoms with van der Waals surface area (Å²) in [5.74, 6) is -0.151. The molecule has 7 heteroatoms. The van der Waals surface area contributed by atoms with E-state index in [0.717, 1.165) is 18.7 Å². The summed E-state index contributed by atoms with van der Waals surface area (Å²) >= 11 is 0. The smallest absolute Gasteiger partial charge is 0.279 e. The van der Waals surface area contributed by atoms with Gasteiger partial charge in [0.1, 0.15) is 0 Å². The fourth-order valence-electron chi connectivity index (χ4n) is 2.29. The molecule has 0 spiro atoms. The highest BCUT2D eigenvalue weighted by molar-refractivity contribution is 5.96. The number of anilines is 2. The molecule has 2 rings (SSSR count). The van der Waals surface area contributed by atoms with Crippen molar-refractivity contribution < 1.29 is 19.7 Å². The SMILES string of the molecule is CNC(=O)C[NH2+]CC(=O)Nc1ccc(N2CCCC2=O)cc1. The first-order valence-corrected chi connectivity index (χ1v) is 7.32. The number of amides is 3. The molecule has 1 aromatic rings. The maximum atomic E-state index is 11.7. The second-order valence-corrected chi connectivity index (χ2v) is 5.11. The van der Waals surface area contributed by atoms with E-state index in [0.29, 0.717) is 12.1 Å². The van der Waals surface area contributed by atoms with Gasteiger partial charge in [-0.3, -0.25) is 14.4 Å². The zero-order chi connectivity index (χ0) is 15.9. The molecule has 1 heterocycles. The summed E-state index contributed by atoms with van der Waals surface area (Å²) in [5.41, 5.74) is 1.53. The van der Waals surface area contributed by atoms with Crippen LogP contribution in [0.3, 0.4) is 0 Å². The molecular weight excluding hydrogens is 284 g/mol. The van der Waals surface area contributed by atoms with Crippen molar-refractivity contribution in [2.24, 2.45) is 0 Å². The quantitative estimate of drug-likeness (QED) is 0.633. The highest BCUT2D eigenvalue weighted by atomic mass is 16.2. The Morgan fingerprint density at radius 3 is 2.45 bits per heavy atom. The number of quaternary nitrogens is 1. The molecule has 7 nitrogen and oxygen atoms in total. The van der Waals surface area contributed by atoms with E-state index in [9.17, 15) is 14.4 Å². The maximum Gasteiger partial charge on any atom is 0.279 e. The third-order valence-electron chi connectivity index (χ3n) is 3.47. The number of carbonyl (C=O) groups is 3. The third-order valence-corrected chi connectivity index (χ3v) is 3.47. The molecule has 0 unspecified atom stereocenters. The highest BCUT2D eigenvalue weighted by Crippen LogP contribution is 2.22. The molecular formula is C15H21N4O3+. The van der Waals surface area contributed by atoms with Crippen LogP contribution in [0.5, 0.6) is 0 Å². The molecule has 1 aromatic carbocycles. The minimum Gasteiger partial charge on any atom is -0.354 e. The Hall–Kier alpha value is -2.41. The molecule has 0 saturated carbocycles. The zero-order valence-electron chi connectivity index (χ0n) is 12.6. The molecule has 4 N–H and O–H groups in total. The second-order valence-electron chi connectivity index (χ2n) is 5.11. The van der Waals surface area contributed by atoms with Gasteiger partial charge in [0, 0.05) is 31.4 Å². The average molecular weight is 305 g/mol. The lowest BCUT2D eigenvalue weighted by atomic mass is 10.2. The van der Waals surface area contributed by atoms with Crippen molar-refractivity contribution in [3.63, 3.8) is 0 Å². The van der Waals surface area contributed by atoms with Crippen LogP contribution in [0.2, 0.25) is 0 Å². The van der Waals surface area contributed by atoms with Crippen molar-refractivity contribution in [3.05, 3.63) is 24.3 Å². The van der Waals surface area contributed by atoms with Gasteiger partial charge < -0.3 is 20.9 Å². The van der Waals surface area contributed by atoms with Crippen LogP contribution < -0.4 is 20.9 Å². The Morgan fingerprint density at radius 2 is 1.86 bits per heavy atom. The molecule has 3 amide bonds. The van der Waals surface area contributed by atoms with Gasteiger partial charge in [-0.25, -0.2) is 0 Å². The molecule has 118 valence electrons. The summed E-state index contributed by atoms with van der Waals surface area (Å²) in [4.78, 5) is 36.2. The third kappa shape index (κ3) is 4.29. The predicted octanol–water partition coefficient (Wildman–Crippen LogP) is -0.939. The molecule has 0 aromatic heterocycles. The number of hydrogen-bond acceptors (Lipinski definition) is 3. The minimum absolute atomic E-state index is 0.118. The number of likely N-dealkylation sites (N-methyl/N-ethyl adjacent to an activating group) is 1. The standard InChI is InChI=1S/C15H20N4O3/c1-16-13(20)9-17-10-14(21)18-11-4-6-12(7-5-11)19-8-2-3-15(19)22/h4-7,17H,2-3,8-10H2,1H3,(H,16,20)(H,18,21)/p+1. The zero-order valence-corrected chi connectivity index (χ0v) is 12.6. The fraction of sp³-hybridized carbons (Fsp3) is 0.400. The Bertz CT molecular complexity index is 556. The Labute approximate surface area is 129 Å². The van der Waals surface area contributed by atoms with E-state index < -0.39 is 0 Å². The van der Waals surface area contributed by atoms with Crippen LogP contribution in [0.15, 0.2) is 24.3 Å². The van der Waals surface area contributed by atoms with E-state index in [-0.39, 0.29) is 30.8 Å². The van der Waals surface area contributed by atoms with E-state index in [4.69, 9.17) is 0 Å². The first kappa shape index (κ1) is 16.0. The topological polar surface area (TPSA) is 95.1 Å². The summed E-state index contributed by atoms with van der Waals surface area (Å²) in [6, 6.07) is 7.20. The summed E-state index contributed by atoms with van der Waals surface area (Å²) in [6.45, 7) is 1.15. The van der Waals surface area contributed by atoms with E-state index in [1.165, 1.54) is 0 Å². The van der Waals surface area contributed by atoms with Crippen molar-refractivity contribution in [3.8, 4) is 0 Å². The van der Waals surface area contributed by atoms with E-state index >= 15 is 0 Å². The summed E-state index contributed by atoms with van der Waals surface area (Å²) in [7, 11) is 1.56. The number of benzene rings is 1. The summed E-state index contributed by atoms with van der Waals surface area (Å²) in [5, 5.41) is 6.88. The number of nitrogens with zero attached hydrogens (tertiary/aromatic N) is 1. The van der Waals surface area contributed by atoms with Crippen LogP contribution in [-0.4, -0.2) is 44.4 Å². The first-order valence-electron chi connectivity index (χ1n) is 7.32. The van der Waals surface area contributed by atoms with Gasteiger partial charge in [0.25, 0.3) is 11.8 Å². The molecule has 22 heavy (non-hydrogen) atoms. The van der Waals surface area contributed by atoms with E-state index in [1.807, 2.05) is 12.1 Å². The second kappa shape index (κ2) is 7.56. The number of carbonyl (C=O) groups excluding carboxylic acids is 3. The predicted molar refractivity (Wildman–Crippen MR) is 82.4 cm³/mol. The van der Waals surface area contributed by atoms with Crippen LogP contribution in [-0.2, 0) is 14.4 Å². The number of rotatable bonds is 6. The van der Waals surface area contributed by atoms with Gasteiger partial charge >= 0.3 is 0 Å². The summed E-state index contributed by atoms with van der Waals surface area (Å²) < 4.78 is 0. The highest BCUT2D eigenvalue weighted by Gasteiger charge is 2.21. The van der Waals surface area contributed by atoms with Crippen LogP contribution in [0, 0.1) is 0 Å². The Balaban J connectivity index is 1.82. The lowest BCUT2D eigenvalue weighted by Gasteiger charge is -2.16. The normalized spacial score (nSPS) is 14.0. The van der Waals surface area contributed by atoms with Gasteiger partial charge in [-0.15, -0.1) is 0 Å². The van der Waals surface area contributed by atoms with Crippen LogP contribution in [0.25, 0.3) is 0 Å². The van der Waals surface area contributed by atoms with Gasteiger partial charge in [0.2, 0.25) is 5.91 Å². The molecule has 0 radical (unpaired) electrons. The van der Waals surface area contributed by atoms with Crippen molar-refractivity contribution in [1.29, 1.82) is 0 Å². The Morgan fingerprint density at radius 1 is 1.18 bits per heavy atom. The molecule has 1 aliphatic heterocycles. The van der Waals surface area contributed by atoms with E-state index in [1.54, 1.807) is 29.4 Å². The van der Waals surface area contributed by atoms with Gasteiger partial charge in [-0.1, -0.05) is 0 Å². The van der Waals surface area contributed by atoms with Crippen LogP contribution in [0.1, 0.15) is 12.8 Å². The first-order chi connectivity index (χ1) is 10.6. The molecule has 0 aliphatic carbocycles. The molecule has 1 saturated heterocycles. The van der Waals surface area contributed by atoms with Crippen molar-refractivity contribution in [1.82, 2.24) is 5.32 Å². The van der Waals surface area contributed by atoms with Gasteiger partial charge in [0.05, 0.1) is 0 Å². The molecule has 0 atom stereocenters. The lowest BCUT2D eigenvalue weighted by Crippen LogP contribution is -2.88. The monoisotopic (exact) mass is 305 g/mol. The Kier molecular flexibility index (Phi) is 5.48. The molecule has 1 aliphatic rings. The lowest BCUT2D eigenvalue weighted by molar-refractivity contribution is -0.632. The summed E-state index contributed by atoms with van der Waals surface area (Å²) in [6.07, 6.45) is 1.48. The fourth-order valence-corrected chi connectivity index (χ4v) is 2.29.